The first kappa shape index (κ1) is 14.1. The monoisotopic (exact) mass is 283 g/mol. The molecule has 0 spiro atoms. The number of ether oxygens (including phenoxy) is 1. The van der Waals surface area contributed by atoms with Crippen LogP contribution in [0, 0.1) is 0 Å². The van der Waals surface area contributed by atoms with Crippen molar-refractivity contribution in [2.24, 2.45) is 0 Å². The summed E-state index contributed by atoms with van der Waals surface area (Å²) in [7, 11) is 0. The number of amides is 1. The van der Waals surface area contributed by atoms with Crippen molar-refractivity contribution in [2.75, 3.05) is 25.4 Å². The van der Waals surface area contributed by atoms with Gasteiger partial charge in [0.2, 0.25) is 0 Å². The fourth-order valence-corrected chi connectivity index (χ4v) is 2.41. The molecule has 1 aromatic heterocycles. The molecule has 0 bridgehead atoms. The van der Waals surface area contributed by atoms with E-state index in [1.807, 2.05) is 6.92 Å². The molecule has 6 heteroatoms. The summed E-state index contributed by atoms with van der Waals surface area (Å²) in [5.74, 6) is 0.169. The molecule has 0 saturated carbocycles. The quantitative estimate of drug-likeness (QED) is 0.921. The van der Waals surface area contributed by atoms with Crippen LogP contribution in [-0.4, -0.2) is 41.6 Å². The van der Waals surface area contributed by atoms with Gasteiger partial charge in [0.1, 0.15) is 5.82 Å². The van der Waals surface area contributed by atoms with E-state index in [2.05, 4.69) is 4.98 Å². The highest BCUT2D eigenvalue weighted by Crippen LogP contribution is 2.20. The van der Waals surface area contributed by atoms with Crippen LogP contribution < -0.4 is 5.73 Å². The Bertz CT molecular complexity index is 465. The Hall–Kier alpha value is -1.33. The van der Waals surface area contributed by atoms with Crippen molar-refractivity contribution in [1.29, 1.82) is 0 Å². The summed E-state index contributed by atoms with van der Waals surface area (Å²) in [5.41, 5.74) is 6.01. The van der Waals surface area contributed by atoms with E-state index in [0.717, 1.165) is 19.4 Å². The van der Waals surface area contributed by atoms with E-state index >= 15 is 0 Å². The maximum atomic E-state index is 12.3. The van der Waals surface area contributed by atoms with Gasteiger partial charge in [-0.2, -0.15) is 0 Å². The standard InChI is InChI=1S/C13H18ClN3O2/c1-2-19-10-4-3-5-17(8-10)13(18)9-6-11(14)12(15)16-7-9/h6-7,10H,2-5,8H2,1H3,(H2,15,16). The van der Waals surface area contributed by atoms with Gasteiger partial charge in [-0.3, -0.25) is 4.79 Å². The highest BCUT2D eigenvalue weighted by molar-refractivity contribution is 6.33. The van der Waals surface area contributed by atoms with Gasteiger partial charge in [0.25, 0.3) is 5.91 Å². The second-order valence-electron chi connectivity index (χ2n) is 4.56. The van der Waals surface area contributed by atoms with E-state index in [9.17, 15) is 4.79 Å². The van der Waals surface area contributed by atoms with Crippen molar-refractivity contribution in [2.45, 2.75) is 25.9 Å². The van der Waals surface area contributed by atoms with E-state index in [4.69, 9.17) is 22.1 Å². The van der Waals surface area contributed by atoms with E-state index < -0.39 is 0 Å². The second-order valence-corrected chi connectivity index (χ2v) is 4.97. The second kappa shape index (κ2) is 6.21. The Labute approximate surface area is 117 Å². The Kier molecular flexibility index (Phi) is 4.61. The topological polar surface area (TPSA) is 68.5 Å². The van der Waals surface area contributed by atoms with Gasteiger partial charge in [-0.1, -0.05) is 11.6 Å². The van der Waals surface area contributed by atoms with Crippen molar-refractivity contribution >= 4 is 23.3 Å². The molecule has 1 atom stereocenters. The predicted octanol–water partition coefficient (Wildman–Crippen LogP) is 1.96. The largest absolute Gasteiger partial charge is 0.382 e. The van der Waals surface area contributed by atoms with Crippen LogP contribution in [0.4, 0.5) is 5.82 Å². The predicted molar refractivity (Wildman–Crippen MR) is 74.2 cm³/mol. The summed E-state index contributed by atoms with van der Waals surface area (Å²) >= 11 is 5.89. The Balaban J connectivity index is 2.08. The van der Waals surface area contributed by atoms with Crippen LogP contribution in [-0.2, 0) is 4.74 Å². The van der Waals surface area contributed by atoms with E-state index in [-0.39, 0.29) is 17.8 Å². The third kappa shape index (κ3) is 3.36. The number of carbonyl (C=O) groups is 1. The maximum absolute atomic E-state index is 12.3. The molecule has 0 aliphatic carbocycles. The number of nitrogens with two attached hydrogens (primary N) is 1. The molecule has 1 unspecified atom stereocenters. The summed E-state index contributed by atoms with van der Waals surface area (Å²) in [5, 5.41) is 0.309. The summed E-state index contributed by atoms with van der Waals surface area (Å²) in [6.07, 6.45) is 3.54. The van der Waals surface area contributed by atoms with Crippen LogP contribution in [0.2, 0.25) is 5.02 Å². The molecule has 1 saturated heterocycles. The lowest BCUT2D eigenvalue weighted by Crippen LogP contribution is -2.43. The van der Waals surface area contributed by atoms with Gasteiger partial charge in [0.15, 0.2) is 0 Å². The molecule has 2 heterocycles. The van der Waals surface area contributed by atoms with Gasteiger partial charge in [-0.05, 0) is 25.8 Å². The minimum Gasteiger partial charge on any atom is -0.382 e. The Morgan fingerprint density at radius 1 is 1.68 bits per heavy atom. The normalized spacial score (nSPS) is 19.5. The highest BCUT2D eigenvalue weighted by Gasteiger charge is 2.25. The third-order valence-corrected chi connectivity index (χ3v) is 3.49. The van der Waals surface area contributed by atoms with Gasteiger partial charge < -0.3 is 15.4 Å². The summed E-state index contributed by atoms with van der Waals surface area (Å²) < 4.78 is 5.59. The number of rotatable bonds is 3. The number of carbonyl (C=O) groups excluding carboxylic acids is 1. The molecule has 0 radical (unpaired) electrons. The van der Waals surface area contributed by atoms with Gasteiger partial charge in [-0.25, -0.2) is 4.98 Å². The number of anilines is 1. The van der Waals surface area contributed by atoms with Gasteiger partial charge in [0, 0.05) is 25.9 Å². The number of likely N-dealkylation sites (tertiary alicyclic amines) is 1. The van der Waals surface area contributed by atoms with Crippen LogP contribution in [0.5, 0.6) is 0 Å². The summed E-state index contributed by atoms with van der Waals surface area (Å²) in [6, 6.07) is 1.57. The molecule has 104 valence electrons. The minimum atomic E-state index is -0.0706. The number of nitrogen functional groups attached to an aromatic ring is 1. The first-order chi connectivity index (χ1) is 9.11. The zero-order chi connectivity index (χ0) is 13.8. The van der Waals surface area contributed by atoms with Crippen molar-refractivity contribution in [1.82, 2.24) is 9.88 Å². The molecule has 2 rings (SSSR count). The molecular formula is C13H18ClN3O2. The molecule has 1 aromatic rings. The number of pyridine rings is 1. The first-order valence-corrected chi connectivity index (χ1v) is 6.81. The van der Waals surface area contributed by atoms with Gasteiger partial charge in [0.05, 0.1) is 16.7 Å². The number of nitrogens with zero attached hydrogens (tertiary/aromatic N) is 2. The third-order valence-electron chi connectivity index (χ3n) is 3.18. The summed E-state index contributed by atoms with van der Waals surface area (Å²) in [4.78, 5) is 18.0. The molecule has 2 N–H and O–H groups in total. The molecule has 1 amide bonds. The molecular weight excluding hydrogens is 266 g/mol. The fraction of sp³-hybridized carbons (Fsp3) is 0.538. The SMILES string of the molecule is CCOC1CCCN(C(=O)c2cnc(N)c(Cl)c2)C1. The lowest BCUT2D eigenvalue weighted by atomic mass is 10.1. The van der Waals surface area contributed by atoms with Crippen LogP contribution in [0.25, 0.3) is 0 Å². The van der Waals surface area contributed by atoms with Gasteiger partial charge >= 0.3 is 0 Å². The van der Waals surface area contributed by atoms with Crippen LogP contribution in [0.15, 0.2) is 12.3 Å². The van der Waals surface area contributed by atoms with E-state index in [0.29, 0.717) is 23.7 Å². The van der Waals surface area contributed by atoms with Crippen molar-refractivity contribution < 1.29 is 9.53 Å². The average molecular weight is 284 g/mol. The molecule has 5 nitrogen and oxygen atoms in total. The molecule has 1 fully saturated rings. The van der Waals surface area contributed by atoms with Crippen LogP contribution in [0.1, 0.15) is 30.1 Å². The Morgan fingerprint density at radius 3 is 3.16 bits per heavy atom. The zero-order valence-corrected chi connectivity index (χ0v) is 11.7. The fourth-order valence-electron chi connectivity index (χ4n) is 2.24. The smallest absolute Gasteiger partial charge is 0.255 e. The number of halogens is 1. The Morgan fingerprint density at radius 2 is 2.47 bits per heavy atom. The summed E-state index contributed by atoms with van der Waals surface area (Å²) in [6.45, 7) is 3.99. The van der Waals surface area contributed by atoms with E-state index in [1.54, 1.807) is 11.0 Å². The molecule has 1 aliphatic heterocycles. The van der Waals surface area contributed by atoms with Gasteiger partial charge in [-0.15, -0.1) is 0 Å². The average Bonchev–Trinajstić information content (AvgIpc) is 2.42. The molecule has 19 heavy (non-hydrogen) atoms. The van der Waals surface area contributed by atoms with Crippen molar-refractivity contribution in [3.63, 3.8) is 0 Å². The highest BCUT2D eigenvalue weighted by atomic mass is 35.5. The van der Waals surface area contributed by atoms with Crippen molar-refractivity contribution in [3.8, 4) is 0 Å². The molecule has 1 aliphatic rings. The lowest BCUT2D eigenvalue weighted by molar-refractivity contribution is 0.00723. The van der Waals surface area contributed by atoms with Crippen LogP contribution >= 0.6 is 11.6 Å². The number of hydrogen-bond acceptors (Lipinski definition) is 4. The number of aromatic nitrogens is 1. The number of piperidine rings is 1. The first-order valence-electron chi connectivity index (χ1n) is 6.43. The lowest BCUT2D eigenvalue weighted by Gasteiger charge is -2.32. The van der Waals surface area contributed by atoms with Crippen LogP contribution in [0.3, 0.4) is 0 Å². The molecule has 0 aromatic carbocycles. The zero-order valence-electron chi connectivity index (χ0n) is 10.9. The van der Waals surface area contributed by atoms with Crippen molar-refractivity contribution in [3.05, 3.63) is 22.8 Å². The minimum absolute atomic E-state index is 0.0706. The maximum Gasteiger partial charge on any atom is 0.255 e. The number of hydrogen-bond donors (Lipinski definition) is 1. The van der Waals surface area contributed by atoms with E-state index in [1.165, 1.54) is 6.20 Å².